The average molecular weight is 257 g/mol. The molecule has 100 valence electrons. The molecule has 0 aliphatic rings. The van der Waals surface area contributed by atoms with Crippen LogP contribution in [0.3, 0.4) is 0 Å². The number of hydrogen-bond donors (Lipinski definition) is 1. The fourth-order valence-corrected chi connectivity index (χ4v) is 1.92. The van der Waals surface area contributed by atoms with E-state index in [1.165, 1.54) is 11.1 Å². The first-order valence-electron chi connectivity index (χ1n) is 6.28. The number of benzene rings is 1. The Labute approximate surface area is 113 Å². The SMILES string of the molecule is CNc1nc(C)cc(Oc2cc(C)cc(C)c2C)n1. The molecule has 0 aliphatic heterocycles. The van der Waals surface area contributed by atoms with Gasteiger partial charge in [0.15, 0.2) is 0 Å². The molecule has 0 atom stereocenters. The van der Waals surface area contributed by atoms with Crippen LogP contribution in [0.25, 0.3) is 0 Å². The van der Waals surface area contributed by atoms with Gasteiger partial charge in [-0.05, 0) is 50.5 Å². The molecule has 0 bridgehead atoms. The molecule has 1 heterocycles. The predicted octanol–water partition coefficient (Wildman–Crippen LogP) is 3.54. The van der Waals surface area contributed by atoms with Gasteiger partial charge in [-0.2, -0.15) is 4.98 Å². The highest BCUT2D eigenvalue weighted by Crippen LogP contribution is 2.28. The largest absolute Gasteiger partial charge is 0.439 e. The van der Waals surface area contributed by atoms with Crippen LogP contribution in [0.5, 0.6) is 11.6 Å². The van der Waals surface area contributed by atoms with E-state index in [2.05, 4.69) is 42.1 Å². The predicted molar refractivity (Wildman–Crippen MR) is 77.0 cm³/mol. The van der Waals surface area contributed by atoms with Crippen molar-refractivity contribution in [1.29, 1.82) is 0 Å². The molecule has 0 radical (unpaired) electrons. The van der Waals surface area contributed by atoms with E-state index >= 15 is 0 Å². The summed E-state index contributed by atoms with van der Waals surface area (Å²) in [5.41, 5.74) is 4.40. The van der Waals surface area contributed by atoms with Crippen LogP contribution in [-0.4, -0.2) is 17.0 Å². The lowest BCUT2D eigenvalue weighted by atomic mass is 10.1. The second-order valence-corrected chi connectivity index (χ2v) is 4.73. The molecule has 4 nitrogen and oxygen atoms in total. The van der Waals surface area contributed by atoms with E-state index in [0.29, 0.717) is 11.8 Å². The van der Waals surface area contributed by atoms with Crippen molar-refractivity contribution >= 4 is 5.95 Å². The van der Waals surface area contributed by atoms with Gasteiger partial charge in [0.2, 0.25) is 11.8 Å². The maximum atomic E-state index is 5.90. The highest BCUT2D eigenvalue weighted by Gasteiger charge is 2.08. The quantitative estimate of drug-likeness (QED) is 0.913. The normalized spacial score (nSPS) is 10.4. The van der Waals surface area contributed by atoms with Crippen LogP contribution in [0.1, 0.15) is 22.4 Å². The molecule has 1 aromatic heterocycles. The van der Waals surface area contributed by atoms with Crippen LogP contribution >= 0.6 is 0 Å². The molecule has 0 aliphatic carbocycles. The maximum Gasteiger partial charge on any atom is 0.225 e. The van der Waals surface area contributed by atoms with E-state index in [-0.39, 0.29) is 0 Å². The minimum atomic E-state index is 0.560. The Bertz CT molecular complexity index is 609. The first kappa shape index (κ1) is 13.3. The molecule has 1 aromatic carbocycles. The van der Waals surface area contributed by atoms with Crippen molar-refractivity contribution in [2.45, 2.75) is 27.7 Å². The van der Waals surface area contributed by atoms with E-state index in [9.17, 15) is 0 Å². The summed E-state index contributed by atoms with van der Waals surface area (Å²) in [5, 5.41) is 2.93. The van der Waals surface area contributed by atoms with Gasteiger partial charge in [0, 0.05) is 18.8 Å². The summed E-state index contributed by atoms with van der Waals surface area (Å²) in [5.74, 6) is 1.97. The van der Waals surface area contributed by atoms with Crippen molar-refractivity contribution in [2.24, 2.45) is 0 Å². The van der Waals surface area contributed by atoms with Crippen molar-refractivity contribution in [3.63, 3.8) is 0 Å². The lowest BCUT2D eigenvalue weighted by molar-refractivity contribution is 0.457. The number of nitrogens with one attached hydrogen (secondary N) is 1. The fraction of sp³-hybridized carbons (Fsp3) is 0.333. The van der Waals surface area contributed by atoms with Crippen LogP contribution in [0.2, 0.25) is 0 Å². The molecule has 0 saturated carbocycles. The van der Waals surface area contributed by atoms with Crippen molar-refractivity contribution in [3.8, 4) is 11.6 Å². The molecular formula is C15H19N3O. The number of rotatable bonds is 3. The van der Waals surface area contributed by atoms with Gasteiger partial charge in [0.25, 0.3) is 0 Å². The van der Waals surface area contributed by atoms with E-state index < -0.39 is 0 Å². The molecule has 19 heavy (non-hydrogen) atoms. The Morgan fingerprint density at radius 1 is 1.00 bits per heavy atom. The van der Waals surface area contributed by atoms with Gasteiger partial charge in [0.1, 0.15) is 5.75 Å². The van der Waals surface area contributed by atoms with Gasteiger partial charge in [-0.25, -0.2) is 4.98 Å². The van der Waals surface area contributed by atoms with Gasteiger partial charge in [0.05, 0.1) is 0 Å². The van der Waals surface area contributed by atoms with E-state index in [4.69, 9.17) is 4.74 Å². The van der Waals surface area contributed by atoms with Crippen LogP contribution < -0.4 is 10.1 Å². The average Bonchev–Trinajstić information content (AvgIpc) is 2.34. The topological polar surface area (TPSA) is 47.0 Å². The van der Waals surface area contributed by atoms with Gasteiger partial charge in [-0.3, -0.25) is 0 Å². The van der Waals surface area contributed by atoms with Gasteiger partial charge in [-0.1, -0.05) is 6.07 Å². The number of nitrogens with zero attached hydrogens (tertiary/aromatic N) is 2. The van der Waals surface area contributed by atoms with Gasteiger partial charge >= 0.3 is 0 Å². The summed E-state index contributed by atoms with van der Waals surface area (Å²) in [6.45, 7) is 8.11. The lowest BCUT2D eigenvalue weighted by Crippen LogP contribution is -2.00. The lowest BCUT2D eigenvalue weighted by Gasteiger charge is -2.12. The number of aromatic nitrogens is 2. The van der Waals surface area contributed by atoms with E-state index in [1.807, 2.05) is 19.1 Å². The summed E-state index contributed by atoms with van der Waals surface area (Å²) >= 11 is 0. The van der Waals surface area contributed by atoms with Crippen LogP contribution in [-0.2, 0) is 0 Å². The minimum absolute atomic E-state index is 0.560. The molecule has 2 rings (SSSR count). The molecule has 0 saturated heterocycles. The van der Waals surface area contributed by atoms with Gasteiger partial charge in [-0.15, -0.1) is 0 Å². The molecule has 0 spiro atoms. The number of hydrogen-bond acceptors (Lipinski definition) is 4. The first-order chi connectivity index (χ1) is 8.99. The van der Waals surface area contributed by atoms with E-state index in [1.54, 1.807) is 7.05 Å². The third kappa shape index (κ3) is 3.02. The third-order valence-electron chi connectivity index (χ3n) is 3.03. The second-order valence-electron chi connectivity index (χ2n) is 4.73. The molecule has 0 unspecified atom stereocenters. The van der Waals surface area contributed by atoms with Crippen LogP contribution in [0, 0.1) is 27.7 Å². The fourth-order valence-electron chi connectivity index (χ4n) is 1.92. The monoisotopic (exact) mass is 257 g/mol. The second kappa shape index (κ2) is 5.26. The smallest absolute Gasteiger partial charge is 0.225 e. The molecule has 2 aromatic rings. The Balaban J connectivity index is 2.38. The molecular weight excluding hydrogens is 238 g/mol. The summed E-state index contributed by atoms with van der Waals surface area (Å²) in [6.07, 6.45) is 0. The highest BCUT2D eigenvalue weighted by molar-refractivity contribution is 5.44. The third-order valence-corrected chi connectivity index (χ3v) is 3.03. The summed E-state index contributed by atoms with van der Waals surface area (Å²) in [6, 6.07) is 6.00. The van der Waals surface area contributed by atoms with Crippen molar-refractivity contribution < 1.29 is 4.74 Å². The Morgan fingerprint density at radius 2 is 1.74 bits per heavy atom. The summed E-state index contributed by atoms with van der Waals surface area (Å²) in [7, 11) is 1.79. The molecule has 0 fully saturated rings. The Morgan fingerprint density at radius 3 is 2.42 bits per heavy atom. The zero-order valence-electron chi connectivity index (χ0n) is 12.0. The zero-order valence-corrected chi connectivity index (χ0v) is 12.0. The molecule has 4 heteroatoms. The zero-order chi connectivity index (χ0) is 14.0. The van der Waals surface area contributed by atoms with E-state index in [0.717, 1.165) is 17.0 Å². The standard InChI is InChI=1S/C15H19N3O/c1-9-6-10(2)12(4)13(7-9)19-14-8-11(3)17-15(16-5)18-14/h6-8H,1-5H3,(H,16,17,18). The highest BCUT2D eigenvalue weighted by atomic mass is 16.5. The number of ether oxygens (including phenoxy) is 1. The van der Waals surface area contributed by atoms with Crippen LogP contribution in [0.4, 0.5) is 5.95 Å². The number of anilines is 1. The van der Waals surface area contributed by atoms with Crippen molar-refractivity contribution in [1.82, 2.24) is 9.97 Å². The Hall–Kier alpha value is -2.10. The Kier molecular flexibility index (Phi) is 3.69. The molecule has 0 amide bonds. The molecule has 1 N–H and O–H groups in total. The first-order valence-corrected chi connectivity index (χ1v) is 6.28. The minimum Gasteiger partial charge on any atom is -0.439 e. The van der Waals surface area contributed by atoms with Gasteiger partial charge < -0.3 is 10.1 Å². The van der Waals surface area contributed by atoms with Crippen LogP contribution in [0.15, 0.2) is 18.2 Å². The summed E-state index contributed by atoms with van der Waals surface area (Å²) in [4.78, 5) is 8.55. The van der Waals surface area contributed by atoms with Crippen molar-refractivity contribution in [2.75, 3.05) is 12.4 Å². The summed E-state index contributed by atoms with van der Waals surface area (Å²) < 4.78 is 5.90. The van der Waals surface area contributed by atoms with Crippen molar-refractivity contribution in [3.05, 3.63) is 40.6 Å². The maximum absolute atomic E-state index is 5.90. The number of aryl methyl sites for hydroxylation is 3.